The maximum Gasteiger partial charge on any atom is 0.321 e. The number of carbonyl (C=O) groups is 2. The molecular formula is C16H22N2O3. The van der Waals surface area contributed by atoms with Crippen LogP contribution >= 0.6 is 0 Å². The number of para-hydroxylation sites is 1. The van der Waals surface area contributed by atoms with Gasteiger partial charge in [-0.15, -0.1) is 0 Å². The molecule has 0 heterocycles. The van der Waals surface area contributed by atoms with E-state index in [1.165, 1.54) is 4.90 Å². The molecule has 5 heteroatoms. The second-order valence-electron chi connectivity index (χ2n) is 5.74. The van der Waals surface area contributed by atoms with Crippen LogP contribution < -0.4 is 10.2 Å². The molecule has 2 N–H and O–H groups in total. The molecule has 0 aromatic heterocycles. The largest absolute Gasteiger partial charge is 0.481 e. The standard InChI is InChI=1S/C16H22N2O3/c1-11-5-3-4-6-14(11)18(8-7-15(19)20)16(21)17-10-13-9-12(13)2/h3-6,12-13H,7-10H2,1-2H3,(H,17,21)(H,19,20). The summed E-state index contributed by atoms with van der Waals surface area (Å²) in [5.74, 6) is 0.334. The van der Waals surface area contributed by atoms with Crippen LogP contribution in [0.2, 0.25) is 0 Å². The van der Waals surface area contributed by atoms with Crippen LogP contribution in [0.3, 0.4) is 0 Å². The quantitative estimate of drug-likeness (QED) is 0.846. The minimum absolute atomic E-state index is 0.0679. The monoisotopic (exact) mass is 290 g/mol. The number of amides is 2. The predicted octanol–water partition coefficient (Wildman–Crippen LogP) is 2.64. The Labute approximate surface area is 125 Å². The van der Waals surface area contributed by atoms with Gasteiger partial charge in [0.1, 0.15) is 0 Å². The van der Waals surface area contributed by atoms with Gasteiger partial charge in [0.2, 0.25) is 0 Å². The molecule has 1 aromatic rings. The average molecular weight is 290 g/mol. The van der Waals surface area contributed by atoms with E-state index in [9.17, 15) is 9.59 Å². The molecular weight excluding hydrogens is 268 g/mol. The molecule has 2 unspecified atom stereocenters. The molecule has 114 valence electrons. The first-order chi connectivity index (χ1) is 9.99. The van der Waals surface area contributed by atoms with Crippen molar-refractivity contribution in [3.63, 3.8) is 0 Å². The second-order valence-corrected chi connectivity index (χ2v) is 5.74. The Hall–Kier alpha value is -2.04. The Morgan fingerprint density at radius 2 is 2.05 bits per heavy atom. The Kier molecular flexibility index (Phi) is 4.83. The van der Waals surface area contributed by atoms with E-state index >= 15 is 0 Å². The molecule has 2 atom stereocenters. The fraction of sp³-hybridized carbons (Fsp3) is 0.500. The first-order valence-corrected chi connectivity index (χ1v) is 7.32. The number of urea groups is 1. The van der Waals surface area contributed by atoms with Gasteiger partial charge in [-0.1, -0.05) is 25.1 Å². The van der Waals surface area contributed by atoms with Crippen molar-refractivity contribution in [2.45, 2.75) is 26.7 Å². The molecule has 1 aliphatic carbocycles. The number of anilines is 1. The number of carboxylic acids is 1. The summed E-state index contributed by atoms with van der Waals surface area (Å²) >= 11 is 0. The number of nitrogens with zero attached hydrogens (tertiary/aromatic N) is 1. The molecule has 2 rings (SSSR count). The Bertz CT molecular complexity index is 530. The van der Waals surface area contributed by atoms with Gasteiger partial charge in [0, 0.05) is 18.8 Å². The van der Waals surface area contributed by atoms with E-state index in [0.717, 1.165) is 17.7 Å². The zero-order chi connectivity index (χ0) is 15.4. The summed E-state index contributed by atoms with van der Waals surface area (Å²) in [7, 11) is 0. The highest BCUT2D eigenvalue weighted by Crippen LogP contribution is 2.36. The van der Waals surface area contributed by atoms with Crippen molar-refractivity contribution in [1.82, 2.24) is 5.32 Å². The van der Waals surface area contributed by atoms with Crippen molar-refractivity contribution in [2.24, 2.45) is 11.8 Å². The van der Waals surface area contributed by atoms with Gasteiger partial charge in [0.25, 0.3) is 0 Å². The Morgan fingerprint density at radius 1 is 1.38 bits per heavy atom. The third kappa shape index (κ3) is 4.21. The third-order valence-corrected chi connectivity index (χ3v) is 3.99. The summed E-state index contributed by atoms with van der Waals surface area (Å²) in [5.41, 5.74) is 1.72. The van der Waals surface area contributed by atoms with Crippen molar-refractivity contribution in [3.8, 4) is 0 Å². The summed E-state index contributed by atoms with van der Waals surface area (Å²) in [6.45, 7) is 4.92. The van der Waals surface area contributed by atoms with Gasteiger partial charge in [-0.05, 0) is 36.8 Å². The first-order valence-electron chi connectivity index (χ1n) is 7.32. The van der Waals surface area contributed by atoms with Gasteiger partial charge < -0.3 is 10.4 Å². The number of nitrogens with one attached hydrogen (secondary N) is 1. The van der Waals surface area contributed by atoms with Crippen LogP contribution in [-0.2, 0) is 4.79 Å². The van der Waals surface area contributed by atoms with Crippen LogP contribution in [0.25, 0.3) is 0 Å². The lowest BCUT2D eigenvalue weighted by molar-refractivity contribution is -0.136. The van der Waals surface area contributed by atoms with E-state index in [2.05, 4.69) is 12.2 Å². The molecule has 0 aliphatic heterocycles. The summed E-state index contributed by atoms with van der Waals surface area (Å²) in [5, 5.41) is 11.8. The molecule has 0 radical (unpaired) electrons. The molecule has 5 nitrogen and oxygen atoms in total. The van der Waals surface area contributed by atoms with Crippen LogP contribution in [0.4, 0.5) is 10.5 Å². The molecule has 0 saturated heterocycles. The molecule has 1 fully saturated rings. The highest BCUT2D eigenvalue weighted by molar-refractivity contribution is 5.93. The van der Waals surface area contributed by atoms with Crippen LogP contribution in [0.15, 0.2) is 24.3 Å². The Balaban J connectivity index is 2.05. The number of hydrogen-bond donors (Lipinski definition) is 2. The second kappa shape index (κ2) is 6.61. The van der Waals surface area contributed by atoms with Crippen LogP contribution in [0.1, 0.15) is 25.3 Å². The molecule has 2 amide bonds. The van der Waals surface area contributed by atoms with Gasteiger partial charge in [-0.25, -0.2) is 4.79 Å². The lowest BCUT2D eigenvalue weighted by atomic mass is 10.2. The zero-order valence-corrected chi connectivity index (χ0v) is 12.5. The number of carboxylic acid groups (broad SMARTS) is 1. The van der Waals surface area contributed by atoms with Crippen molar-refractivity contribution in [3.05, 3.63) is 29.8 Å². The normalized spacial score (nSPS) is 19.9. The smallest absolute Gasteiger partial charge is 0.321 e. The van der Waals surface area contributed by atoms with E-state index in [0.29, 0.717) is 18.4 Å². The fourth-order valence-electron chi connectivity index (χ4n) is 2.40. The van der Waals surface area contributed by atoms with E-state index in [4.69, 9.17) is 5.11 Å². The molecule has 0 spiro atoms. The Morgan fingerprint density at radius 3 is 2.62 bits per heavy atom. The SMILES string of the molecule is Cc1ccccc1N(CCC(=O)O)C(=O)NCC1CC1C. The highest BCUT2D eigenvalue weighted by Gasteiger charge is 2.33. The average Bonchev–Trinajstić information content (AvgIpc) is 3.14. The molecule has 1 aliphatic rings. The summed E-state index contributed by atoms with van der Waals surface area (Å²) < 4.78 is 0. The maximum absolute atomic E-state index is 12.4. The zero-order valence-electron chi connectivity index (χ0n) is 12.5. The summed E-state index contributed by atoms with van der Waals surface area (Å²) in [6.07, 6.45) is 1.08. The molecule has 0 bridgehead atoms. The fourth-order valence-corrected chi connectivity index (χ4v) is 2.40. The van der Waals surface area contributed by atoms with Gasteiger partial charge >= 0.3 is 12.0 Å². The van der Waals surface area contributed by atoms with Crippen LogP contribution in [0, 0.1) is 18.8 Å². The van der Waals surface area contributed by atoms with E-state index in [1.54, 1.807) is 0 Å². The first kappa shape index (κ1) is 15.4. The number of benzene rings is 1. The van der Waals surface area contributed by atoms with Gasteiger partial charge in [-0.2, -0.15) is 0 Å². The molecule has 1 aromatic carbocycles. The summed E-state index contributed by atoms with van der Waals surface area (Å²) in [6, 6.07) is 7.30. The lowest BCUT2D eigenvalue weighted by Gasteiger charge is -2.24. The predicted molar refractivity (Wildman–Crippen MR) is 81.4 cm³/mol. The van der Waals surface area contributed by atoms with Crippen LogP contribution in [0.5, 0.6) is 0 Å². The van der Waals surface area contributed by atoms with Gasteiger partial charge in [0.15, 0.2) is 0 Å². The lowest BCUT2D eigenvalue weighted by Crippen LogP contribution is -2.42. The van der Waals surface area contributed by atoms with E-state index < -0.39 is 5.97 Å². The van der Waals surface area contributed by atoms with Gasteiger partial charge in [-0.3, -0.25) is 9.69 Å². The number of hydrogen-bond acceptors (Lipinski definition) is 2. The number of carbonyl (C=O) groups excluding carboxylic acids is 1. The van der Waals surface area contributed by atoms with Gasteiger partial charge in [0.05, 0.1) is 6.42 Å². The minimum Gasteiger partial charge on any atom is -0.481 e. The van der Waals surface area contributed by atoms with Crippen molar-refractivity contribution in [1.29, 1.82) is 0 Å². The van der Waals surface area contributed by atoms with E-state index in [-0.39, 0.29) is 19.0 Å². The molecule has 1 saturated carbocycles. The van der Waals surface area contributed by atoms with Crippen LogP contribution in [-0.4, -0.2) is 30.2 Å². The third-order valence-electron chi connectivity index (χ3n) is 3.99. The van der Waals surface area contributed by atoms with Crippen molar-refractivity contribution in [2.75, 3.05) is 18.0 Å². The van der Waals surface area contributed by atoms with Crippen molar-refractivity contribution >= 4 is 17.7 Å². The minimum atomic E-state index is -0.905. The number of aliphatic carboxylic acids is 1. The number of rotatable bonds is 6. The van der Waals surface area contributed by atoms with E-state index in [1.807, 2.05) is 31.2 Å². The summed E-state index contributed by atoms with van der Waals surface area (Å²) in [4.78, 5) is 24.7. The topological polar surface area (TPSA) is 69.6 Å². The number of aryl methyl sites for hydroxylation is 1. The van der Waals surface area contributed by atoms with Crippen molar-refractivity contribution < 1.29 is 14.7 Å². The highest BCUT2D eigenvalue weighted by atomic mass is 16.4. The molecule has 21 heavy (non-hydrogen) atoms. The maximum atomic E-state index is 12.4.